The van der Waals surface area contributed by atoms with Crippen LogP contribution in [-0.4, -0.2) is 22.6 Å². The first-order valence-electron chi connectivity index (χ1n) is 7.11. The van der Waals surface area contributed by atoms with E-state index in [0.717, 1.165) is 11.3 Å². The molecule has 0 aliphatic heterocycles. The average Bonchev–Trinajstić information content (AvgIpc) is 2.48. The highest BCUT2D eigenvalue weighted by molar-refractivity contribution is 6.30. The third-order valence-corrected chi connectivity index (χ3v) is 3.25. The lowest BCUT2D eigenvalue weighted by atomic mass is 10.2. The smallest absolute Gasteiger partial charge is 0.271 e. The molecule has 5 nitrogen and oxygen atoms in total. The number of aryl methyl sites for hydroxylation is 1. The lowest BCUT2D eigenvalue weighted by Crippen LogP contribution is -2.28. The molecule has 1 aromatic heterocycles. The molecule has 1 aromatic carbocycles. The Hall–Kier alpha value is -2.14. The van der Waals surface area contributed by atoms with E-state index in [4.69, 9.17) is 11.6 Å². The highest BCUT2D eigenvalue weighted by Gasteiger charge is 2.09. The van der Waals surface area contributed by atoms with E-state index >= 15 is 0 Å². The number of hydrogen-bond acceptors (Lipinski definition) is 4. The van der Waals surface area contributed by atoms with Crippen molar-refractivity contribution in [2.45, 2.75) is 20.8 Å². The molecule has 0 spiro atoms. The van der Waals surface area contributed by atoms with E-state index in [9.17, 15) is 4.79 Å². The van der Waals surface area contributed by atoms with Crippen molar-refractivity contribution in [1.29, 1.82) is 0 Å². The van der Waals surface area contributed by atoms with Gasteiger partial charge in [0.15, 0.2) is 11.5 Å². The predicted octanol–water partition coefficient (Wildman–Crippen LogP) is 3.57. The fourth-order valence-electron chi connectivity index (χ4n) is 1.81. The molecule has 0 radical (unpaired) electrons. The Bertz CT molecular complexity index is 656. The van der Waals surface area contributed by atoms with Crippen molar-refractivity contribution in [3.63, 3.8) is 0 Å². The average molecular weight is 319 g/mol. The van der Waals surface area contributed by atoms with Crippen LogP contribution in [0.25, 0.3) is 0 Å². The van der Waals surface area contributed by atoms with Crippen LogP contribution < -0.4 is 10.6 Å². The first-order chi connectivity index (χ1) is 10.5. The van der Waals surface area contributed by atoms with Gasteiger partial charge in [0, 0.05) is 17.3 Å². The van der Waals surface area contributed by atoms with Gasteiger partial charge in [0.1, 0.15) is 0 Å². The van der Waals surface area contributed by atoms with Crippen LogP contribution in [0.4, 0.5) is 11.5 Å². The second kappa shape index (κ2) is 7.22. The van der Waals surface area contributed by atoms with E-state index in [2.05, 4.69) is 20.8 Å². The van der Waals surface area contributed by atoms with E-state index < -0.39 is 0 Å². The molecular formula is C16H19ClN4O. The Kier molecular flexibility index (Phi) is 5.33. The van der Waals surface area contributed by atoms with Gasteiger partial charge in [-0.2, -0.15) is 0 Å². The Balaban J connectivity index is 2.04. The minimum absolute atomic E-state index is 0.213. The summed E-state index contributed by atoms with van der Waals surface area (Å²) in [5.74, 6) is 0.756. The summed E-state index contributed by atoms with van der Waals surface area (Å²) in [6.07, 6.45) is 0. The number of anilines is 2. The molecule has 6 heteroatoms. The molecule has 2 N–H and O–H groups in total. The summed E-state index contributed by atoms with van der Waals surface area (Å²) in [5.41, 5.74) is 2.21. The molecule has 2 aromatic rings. The maximum atomic E-state index is 11.9. The van der Waals surface area contributed by atoms with Crippen molar-refractivity contribution in [3.05, 3.63) is 46.6 Å². The molecule has 0 fully saturated rings. The molecule has 22 heavy (non-hydrogen) atoms. The Labute approximate surface area is 135 Å². The van der Waals surface area contributed by atoms with Crippen molar-refractivity contribution in [2.24, 2.45) is 5.92 Å². The quantitative estimate of drug-likeness (QED) is 0.884. The van der Waals surface area contributed by atoms with Crippen LogP contribution in [0, 0.1) is 12.8 Å². The maximum Gasteiger partial charge on any atom is 0.271 e. The summed E-state index contributed by atoms with van der Waals surface area (Å²) in [5, 5.41) is 14.6. The van der Waals surface area contributed by atoms with Gasteiger partial charge in [-0.15, -0.1) is 10.2 Å². The van der Waals surface area contributed by atoms with E-state index in [1.165, 1.54) is 0 Å². The number of carbonyl (C=O) groups is 1. The van der Waals surface area contributed by atoms with Crippen molar-refractivity contribution in [1.82, 2.24) is 15.5 Å². The van der Waals surface area contributed by atoms with Crippen LogP contribution in [0.2, 0.25) is 5.02 Å². The standard InChI is InChI=1S/C16H19ClN4O/c1-10(2)9-18-16(22)14-6-7-15(21-20-14)19-13-5-4-12(17)8-11(13)3/h4-8,10H,9H2,1-3H3,(H,18,22)(H,19,21). The second-order valence-corrected chi connectivity index (χ2v) is 5.93. The molecule has 1 heterocycles. The van der Waals surface area contributed by atoms with Gasteiger partial charge in [0.2, 0.25) is 0 Å². The molecule has 0 saturated carbocycles. The maximum absolute atomic E-state index is 11.9. The summed E-state index contributed by atoms with van der Waals surface area (Å²) in [7, 11) is 0. The van der Waals surface area contributed by atoms with Gasteiger partial charge in [-0.05, 0) is 48.7 Å². The van der Waals surface area contributed by atoms with E-state index in [0.29, 0.717) is 29.0 Å². The van der Waals surface area contributed by atoms with Gasteiger partial charge in [-0.25, -0.2) is 0 Å². The van der Waals surface area contributed by atoms with Crippen LogP contribution in [0.15, 0.2) is 30.3 Å². The molecule has 0 saturated heterocycles. The molecule has 0 bridgehead atoms. The Morgan fingerprint density at radius 2 is 2.00 bits per heavy atom. The van der Waals surface area contributed by atoms with Crippen LogP contribution >= 0.6 is 11.6 Å². The van der Waals surface area contributed by atoms with Crippen LogP contribution in [0.3, 0.4) is 0 Å². The van der Waals surface area contributed by atoms with Crippen molar-refractivity contribution < 1.29 is 4.79 Å². The second-order valence-electron chi connectivity index (χ2n) is 5.49. The van der Waals surface area contributed by atoms with E-state index in [1.807, 2.05) is 32.9 Å². The third kappa shape index (κ3) is 4.43. The molecule has 0 aliphatic carbocycles. The van der Waals surface area contributed by atoms with Crippen molar-refractivity contribution in [3.8, 4) is 0 Å². The summed E-state index contributed by atoms with van der Waals surface area (Å²) in [4.78, 5) is 11.9. The normalized spacial score (nSPS) is 10.6. The fraction of sp³-hybridized carbons (Fsp3) is 0.312. The Morgan fingerprint density at radius 1 is 1.23 bits per heavy atom. The highest BCUT2D eigenvalue weighted by Crippen LogP contribution is 2.22. The zero-order valence-corrected chi connectivity index (χ0v) is 13.6. The van der Waals surface area contributed by atoms with Gasteiger partial charge < -0.3 is 10.6 Å². The highest BCUT2D eigenvalue weighted by atomic mass is 35.5. The number of aromatic nitrogens is 2. The lowest BCUT2D eigenvalue weighted by molar-refractivity contribution is 0.0943. The minimum Gasteiger partial charge on any atom is -0.350 e. The zero-order chi connectivity index (χ0) is 16.1. The fourth-order valence-corrected chi connectivity index (χ4v) is 2.04. The van der Waals surface area contributed by atoms with E-state index in [1.54, 1.807) is 18.2 Å². The number of nitrogens with zero attached hydrogens (tertiary/aromatic N) is 2. The molecule has 1 amide bonds. The largest absolute Gasteiger partial charge is 0.350 e. The number of carbonyl (C=O) groups excluding carboxylic acids is 1. The van der Waals surface area contributed by atoms with Crippen molar-refractivity contribution >= 4 is 29.0 Å². The van der Waals surface area contributed by atoms with Crippen molar-refractivity contribution in [2.75, 3.05) is 11.9 Å². The molecule has 0 atom stereocenters. The molecule has 2 rings (SSSR count). The summed E-state index contributed by atoms with van der Waals surface area (Å²) in [6.45, 7) is 6.64. The van der Waals surface area contributed by atoms with Crippen LogP contribution in [0.1, 0.15) is 29.9 Å². The van der Waals surface area contributed by atoms with Gasteiger partial charge in [-0.3, -0.25) is 4.79 Å². The minimum atomic E-state index is -0.213. The number of nitrogens with one attached hydrogen (secondary N) is 2. The Morgan fingerprint density at radius 3 is 2.59 bits per heavy atom. The molecule has 116 valence electrons. The number of halogens is 1. The number of rotatable bonds is 5. The first kappa shape index (κ1) is 16.2. The lowest BCUT2D eigenvalue weighted by Gasteiger charge is -2.09. The van der Waals surface area contributed by atoms with E-state index in [-0.39, 0.29) is 5.91 Å². The van der Waals surface area contributed by atoms with Gasteiger partial charge >= 0.3 is 0 Å². The topological polar surface area (TPSA) is 66.9 Å². The number of benzene rings is 1. The van der Waals surface area contributed by atoms with Gasteiger partial charge in [-0.1, -0.05) is 25.4 Å². The van der Waals surface area contributed by atoms with Gasteiger partial charge in [0.05, 0.1) is 0 Å². The van der Waals surface area contributed by atoms with Gasteiger partial charge in [0.25, 0.3) is 5.91 Å². The van der Waals surface area contributed by atoms with Crippen LogP contribution in [-0.2, 0) is 0 Å². The predicted molar refractivity (Wildman–Crippen MR) is 88.7 cm³/mol. The molecule has 0 aliphatic rings. The molecular weight excluding hydrogens is 300 g/mol. The van der Waals surface area contributed by atoms with Crippen LogP contribution in [0.5, 0.6) is 0 Å². The number of amides is 1. The first-order valence-corrected chi connectivity index (χ1v) is 7.48. The monoisotopic (exact) mass is 318 g/mol. The summed E-state index contributed by atoms with van der Waals surface area (Å²) >= 11 is 5.93. The third-order valence-electron chi connectivity index (χ3n) is 3.02. The summed E-state index contributed by atoms with van der Waals surface area (Å²) in [6, 6.07) is 8.92. The molecule has 0 unspecified atom stereocenters. The number of hydrogen-bond donors (Lipinski definition) is 2. The SMILES string of the molecule is Cc1cc(Cl)ccc1Nc1ccc(C(=O)NCC(C)C)nn1. The summed E-state index contributed by atoms with van der Waals surface area (Å²) < 4.78 is 0. The zero-order valence-electron chi connectivity index (χ0n) is 12.9.